The minimum Gasteiger partial charge on any atom is -0.484 e. The number of rotatable bonds is 5. The van der Waals surface area contributed by atoms with E-state index in [1.807, 2.05) is 43.3 Å². The van der Waals surface area contributed by atoms with Crippen molar-refractivity contribution in [3.8, 4) is 5.75 Å². The molecule has 1 amide bonds. The number of anilines is 1. The van der Waals surface area contributed by atoms with E-state index in [1.54, 1.807) is 0 Å². The molecule has 0 unspecified atom stereocenters. The fraction of sp³-hybridized carbons (Fsp3) is 0.250. The Kier molecular flexibility index (Phi) is 6.49. The second-order valence-electron chi connectivity index (χ2n) is 6.60. The van der Waals surface area contributed by atoms with Gasteiger partial charge in [-0.1, -0.05) is 48.9 Å². The van der Waals surface area contributed by atoms with Crippen molar-refractivity contribution in [3.63, 3.8) is 0 Å². The number of hydrogen-bond acceptors (Lipinski definition) is 5. The van der Waals surface area contributed by atoms with E-state index in [4.69, 9.17) is 28.6 Å². The van der Waals surface area contributed by atoms with Gasteiger partial charge in [0.15, 0.2) is 16.9 Å². The van der Waals surface area contributed by atoms with Crippen LogP contribution < -0.4 is 15.4 Å². The van der Waals surface area contributed by atoms with Crippen LogP contribution in [0.2, 0.25) is 5.02 Å². The Balaban J connectivity index is 1.52. The standard InChI is InChI=1S/C20H20ClN3O2S2/c1-11(2)13-4-6-14(7-5-13)26-10-18(25)23-19(27)24-20-22-16-9-15(21)12(3)8-17(16)28-20/h4-9,11H,10H2,1-3H3,(H2,22,23,24,25,27). The van der Waals surface area contributed by atoms with Gasteiger partial charge in [0, 0.05) is 5.02 Å². The van der Waals surface area contributed by atoms with Crippen LogP contribution in [-0.4, -0.2) is 22.6 Å². The largest absolute Gasteiger partial charge is 0.484 e. The SMILES string of the molecule is Cc1cc2sc(NC(=S)NC(=O)COc3ccc(C(C)C)cc3)nc2cc1Cl. The van der Waals surface area contributed by atoms with Crippen molar-refractivity contribution in [2.75, 3.05) is 11.9 Å². The summed E-state index contributed by atoms with van der Waals surface area (Å²) in [7, 11) is 0. The topological polar surface area (TPSA) is 63.2 Å². The molecule has 2 aromatic carbocycles. The van der Waals surface area contributed by atoms with E-state index >= 15 is 0 Å². The van der Waals surface area contributed by atoms with Gasteiger partial charge in [0.05, 0.1) is 10.2 Å². The first-order chi connectivity index (χ1) is 13.3. The van der Waals surface area contributed by atoms with Crippen molar-refractivity contribution < 1.29 is 9.53 Å². The van der Waals surface area contributed by atoms with Crippen LogP contribution in [0.25, 0.3) is 10.2 Å². The molecule has 8 heteroatoms. The zero-order chi connectivity index (χ0) is 20.3. The van der Waals surface area contributed by atoms with Crippen molar-refractivity contribution >= 4 is 61.5 Å². The number of halogens is 1. The lowest BCUT2D eigenvalue weighted by Gasteiger charge is -2.10. The molecule has 0 fully saturated rings. The van der Waals surface area contributed by atoms with Gasteiger partial charge in [-0.05, 0) is 60.5 Å². The zero-order valence-electron chi connectivity index (χ0n) is 15.7. The number of amides is 1. The monoisotopic (exact) mass is 433 g/mol. The Hall–Kier alpha value is -2.22. The number of ether oxygens (including phenoxy) is 1. The summed E-state index contributed by atoms with van der Waals surface area (Å²) in [6.45, 7) is 6.06. The summed E-state index contributed by atoms with van der Waals surface area (Å²) < 4.78 is 6.49. The number of nitrogens with one attached hydrogen (secondary N) is 2. The molecule has 1 heterocycles. The second kappa shape index (κ2) is 8.86. The maximum absolute atomic E-state index is 12.1. The zero-order valence-corrected chi connectivity index (χ0v) is 18.1. The normalized spacial score (nSPS) is 10.9. The first-order valence-corrected chi connectivity index (χ1v) is 10.3. The number of hydrogen-bond donors (Lipinski definition) is 2. The molecule has 0 radical (unpaired) electrons. The number of nitrogens with zero attached hydrogens (tertiary/aromatic N) is 1. The van der Waals surface area contributed by atoms with Crippen LogP contribution in [0.15, 0.2) is 36.4 Å². The number of aromatic nitrogens is 1. The summed E-state index contributed by atoms with van der Waals surface area (Å²) in [6.07, 6.45) is 0. The number of thiazole rings is 1. The van der Waals surface area contributed by atoms with E-state index in [0.29, 0.717) is 21.8 Å². The third kappa shape index (κ3) is 5.19. The molecule has 146 valence electrons. The highest BCUT2D eigenvalue weighted by molar-refractivity contribution is 7.80. The third-order valence-electron chi connectivity index (χ3n) is 4.06. The number of carbonyl (C=O) groups excluding carboxylic acids is 1. The van der Waals surface area contributed by atoms with Gasteiger partial charge in [0.25, 0.3) is 5.91 Å². The number of aryl methyl sites for hydroxylation is 1. The van der Waals surface area contributed by atoms with E-state index < -0.39 is 0 Å². The van der Waals surface area contributed by atoms with Gasteiger partial charge in [-0.3, -0.25) is 10.1 Å². The minimum atomic E-state index is -0.342. The molecule has 0 saturated heterocycles. The molecule has 3 rings (SSSR count). The molecule has 0 bridgehead atoms. The highest BCUT2D eigenvalue weighted by atomic mass is 35.5. The highest BCUT2D eigenvalue weighted by Crippen LogP contribution is 2.30. The predicted octanol–water partition coefficient (Wildman–Crippen LogP) is 5.27. The predicted molar refractivity (Wildman–Crippen MR) is 120 cm³/mol. The van der Waals surface area contributed by atoms with Crippen molar-refractivity contribution in [2.45, 2.75) is 26.7 Å². The maximum Gasteiger partial charge on any atom is 0.264 e. The fourth-order valence-corrected chi connectivity index (χ4v) is 3.88. The van der Waals surface area contributed by atoms with Crippen LogP contribution >= 0.6 is 35.2 Å². The van der Waals surface area contributed by atoms with E-state index in [2.05, 4.69) is 29.5 Å². The summed E-state index contributed by atoms with van der Waals surface area (Å²) in [6, 6.07) is 11.5. The van der Waals surface area contributed by atoms with Gasteiger partial charge in [0.1, 0.15) is 5.75 Å². The Morgan fingerprint density at radius 2 is 2.00 bits per heavy atom. The molecule has 3 aromatic rings. The number of carbonyl (C=O) groups is 1. The first-order valence-electron chi connectivity index (χ1n) is 8.72. The molecule has 0 aliphatic rings. The molecule has 0 spiro atoms. The van der Waals surface area contributed by atoms with Crippen LogP contribution in [-0.2, 0) is 4.79 Å². The van der Waals surface area contributed by atoms with Crippen LogP contribution in [0.5, 0.6) is 5.75 Å². The summed E-state index contributed by atoms with van der Waals surface area (Å²) in [5.74, 6) is 0.741. The third-order valence-corrected chi connectivity index (χ3v) is 5.60. The Morgan fingerprint density at radius 3 is 2.68 bits per heavy atom. The number of benzene rings is 2. The van der Waals surface area contributed by atoms with Gasteiger partial charge >= 0.3 is 0 Å². The van der Waals surface area contributed by atoms with Crippen LogP contribution in [0.3, 0.4) is 0 Å². The minimum absolute atomic E-state index is 0.127. The first kappa shape index (κ1) is 20.5. The lowest BCUT2D eigenvalue weighted by molar-refractivity contribution is -0.121. The highest BCUT2D eigenvalue weighted by Gasteiger charge is 2.10. The summed E-state index contributed by atoms with van der Waals surface area (Å²) in [5, 5.41) is 6.95. The molecular formula is C20H20ClN3O2S2. The average Bonchev–Trinajstić information content (AvgIpc) is 3.01. The molecule has 0 saturated carbocycles. The lowest BCUT2D eigenvalue weighted by Crippen LogP contribution is -2.37. The molecular weight excluding hydrogens is 414 g/mol. The summed E-state index contributed by atoms with van der Waals surface area (Å²) in [5.41, 5.74) is 2.98. The molecule has 28 heavy (non-hydrogen) atoms. The molecule has 0 aliphatic carbocycles. The number of fused-ring (bicyclic) bond motifs is 1. The quantitative estimate of drug-likeness (QED) is 0.536. The van der Waals surface area contributed by atoms with Crippen LogP contribution in [0, 0.1) is 6.92 Å². The summed E-state index contributed by atoms with van der Waals surface area (Å²) >= 11 is 12.8. The summed E-state index contributed by atoms with van der Waals surface area (Å²) in [4.78, 5) is 16.5. The van der Waals surface area contributed by atoms with Crippen LogP contribution in [0.4, 0.5) is 5.13 Å². The van der Waals surface area contributed by atoms with E-state index in [-0.39, 0.29) is 17.6 Å². The fourth-order valence-electron chi connectivity index (χ4n) is 2.49. The Labute approximate surface area is 178 Å². The molecule has 5 nitrogen and oxygen atoms in total. The molecule has 1 aromatic heterocycles. The van der Waals surface area contributed by atoms with Crippen molar-refractivity contribution in [2.24, 2.45) is 0 Å². The molecule has 0 atom stereocenters. The van der Waals surface area contributed by atoms with Gasteiger partial charge in [-0.25, -0.2) is 4.98 Å². The second-order valence-corrected chi connectivity index (χ2v) is 8.45. The van der Waals surface area contributed by atoms with Crippen molar-refractivity contribution in [3.05, 3.63) is 52.5 Å². The van der Waals surface area contributed by atoms with Gasteiger partial charge in [-0.15, -0.1) is 0 Å². The van der Waals surface area contributed by atoms with Gasteiger partial charge in [0.2, 0.25) is 0 Å². The molecule has 2 N–H and O–H groups in total. The average molecular weight is 434 g/mol. The van der Waals surface area contributed by atoms with E-state index in [0.717, 1.165) is 15.8 Å². The van der Waals surface area contributed by atoms with E-state index in [9.17, 15) is 4.79 Å². The van der Waals surface area contributed by atoms with Gasteiger partial charge < -0.3 is 10.1 Å². The van der Waals surface area contributed by atoms with Crippen molar-refractivity contribution in [1.29, 1.82) is 0 Å². The maximum atomic E-state index is 12.1. The van der Waals surface area contributed by atoms with E-state index in [1.165, 1.54) is 16.9 Å². The molecule has 0 aliphatic heterocycles. The van der Waals surface area contributed by atoms with Gasteiger partial charge in [-0.2, -0.15) is 0 Å². The number of thiocarbonyl (C=S) groups is 1. The van der Waals surface area contributed by atoms with Crippen LogP contribution in [0.1, 0.15) is 30.9 Å². The van der Waals surface area contributed by atoms with Crippen molar-refractivity contribution in [1.82, 2.24) is 10.3 Å². The lowest BCUT2D eigenvalue weighted by atomic mass is 10.0. The Morgan fingerprint density at radius 1 is 1.29 bits per heavy atom. The smallest absolute Gasteiger partial charge is 0.264 e. The Bertz CT molecular complexity index is 977.